The van der Waals surface area contributed by atoms with Crippen LogP contribution in [0.1, 0.15) is 25.5 Å². The lowest BCUT2D eigenvalue weighted by Gasteiger charge is -2.27. The predicted molar refractivity (Wildman–Crippen MR) is 74.4 cm³/mol. The van der Waals surface area contributed by atoms with Gasteiger partial charge in [0.05, 0.1) is 0 Å². The van der Waals surface area contributed by atoms with Crippen molar-refractivity contribution in [1.29, 1.82) is 5.26 Å². The number of nitrogens with zero attached hydrogens (tertiary/aromatic N) is 3. The Morgan fingerprint density at radius 3 is 3.00 bits per heavy atom. The lowest BCUT2D eigenvalue weighted by Crippen LogP contribution is -2.42. The Morgan fingerprint density at radius 1 is 1.60 bits per heavy atom. The van der Waals surface area contributed by atoms with E-state index in [1.165, 1.54) is 16.6 Å². The third-order valence-corrected chi connectivity index (χ3v) is 5.33. The van der Waals surface area contributed by atoms with E-state index in [1.807, 2.05) is 13.0 Å². The highest BCUT2D eigenvalue weighted by Gasteiger charge is 2.34. The number of sulfonamides is 1. The lowest BCUT2D eigenvalue weighted by molar-refractivity contribution is 0.335. The first-order chi connectivity index (χ1) is 9.61. The van der Waals surface area contributed by atoms with Crippen LogP contribution in [0.2, 0.25) is 0 Å². The minimum absolute atomic E-state index is 0.00264. The summed E-state index contributed by atoms with van der Waals surface area (Å²) in [6.45, 7) is 3.87. The molecule has 0 aliphatic carbocycles. The number of nitrogens with one attached hydrogen (secondary N) is 1. The Labute approximate surface area is 119 Å². The van der Waals surface area contributed by atoms with Gasteiger partial charge in [-0.25, -0.2) is 13.4 Å². The molecule has 108 valence electrons. The average Bonchev–Trinajstić information content (AvgIpc) is 2.98. The zero-order valence-corrected chi connectivity index (χ0v) is 12.2. The SMILES string of the molecule is CCCN(C1CCNC1)S(=O)(=O)c1cccnc1C#N. The average molecular weight is 294 g/mol. The van der Waals surface area contributed by atoms with E-state index in [9.17, 15) is 8.42 Å². The second kappa shape index (κ2) is 6.31. The van der Waals surface area contributed by atoms with Crippen molar-refractivity contribution < 1.29 is 8.42 Å². The summed E-state index contributed by atoms with van der Waals surface area (Å²) in [6, 6.07) is 4.80. The van der Waals surface area contributed by atoms with Crippen LogP contribution < -0.4 is 5.32 Å². The van der Waals surface area contributed by atoms with Crippen LogP contribution in [0, 0.1) is 11.3 Å². The fourth-order valence-electron chi connectivity index (χ4n) is 2.41. The van der Waals surface area contributed by atoms with Gasteiger partial charge in [0, 0.05) is 25.3 Å². The second-order valence-electron chi connectivity index (χ2n) is 4.72. The fourth-order valence-corrected chi connectivity index (χ4v) is 4.25. The Kier molecular flexibility index (Phi) is 4.70. The second-order valence-corrected chi connectivity index (χ2v) is 6.58. The largest absolute Gasteiger partial charge is 0.315 e. The molecule has 1 aliphatic rings. The number of hydrogen-bond acceptors (Lipinski definition) is 5. The molecule has 1 aromatic heterocycles. The third-order valence-electron chi connectivity index (χ3n) is 3.35. The molecule has 6 nitrogen and oxygen atoms in total. The zero-order valence-electron chi connectivity index (χ0n) is 11.4. The molecule has 1 N–H and O–H groups in total. The van der Waals surface area contributed by atoms with Gasteiger partial charge >= 0.3 is 0 Å². The van der Waals surface area contributed by atoms with Gasteiger partial charge in [0.25, 0.3) is 0 Å². The van der Waals surface area contributed by atoms with Crippen LogP contribution in [0.3, 0.4) is 0 Å². The summed E-state index contributed by atoms with van der Waals surface area (Å²) in [5, 5.41) is 12.2. The molecule has 2 rings (SSSR count). The molecule has 0 aromatic carbocycles. The van der Waals surface area contributed by atoms with E-state index >= 15 is 0 Å². The number of aromatic nitrogens is 1. The molecule has 0 saturated carbocycles. The molecular formula is C13H18N4O2S. The molecule has 1 unspecified atom stereocenters. The molecule has 0 spiro atoms. The maximum absolute atomic E-state index is 12.8. The number of hydrogen-bond donors (Lipinski definition) is 1. The molecule has 7 heteroatoms. The van der Waals surface area contributed by atoms with Crippen LogP contribution in [0.15, 0.2) is 23.2 Å². The van der Waals surface area contributed by atoms with E-state index in [4.69, 9.17) is 5.26 Å². The maximum Gasteiger partial charge on any atom is 0.246 e. The summed E-state index contributed by atoms with van der Waals surface area (Å²) < 4.78 is 27.1. The molecule has 20 heavy (non-hydrogen) atoms. The van der Waals surface area contributed by atoms with Gasteiger partial charge in [0.2, 0.25) is 10.0 Å². The Hall–Kier alpha value is -1.49. The highest BCUT2D eigenvalue weighted by molar-refractivity contribution is 7.89. The van der Waals surface area contributed by atoms with Gasteiger partial charge in [-0.05, 0) is 31.5 Å². The van der Waals surface area contributed by atoms with Crippen LogP contribution >= 0.6 is 0 Å². The quantitative estimate of drug-likeness (QED) is 0.864. The number of pyridine rings is 1. The predicted octanol–water partition coefficient (Wildman–Crippen LogP) is 0.716. The third kappa shape index (κ3) is 2.82. The smallest absolute Gasteiger partial charge is 0.246 e. The van der Waals surface area contributed by atoms with Crippen LogP contribution in [-0.4, -0.2) is 43.4 Å². The number of rotatable bonds is 5. The van der Waals surface area contributed by atoms with E-state index in [-0.39, 0.29) is 16.6 Å². The minimum Gasteiger partial charge on any atom is -0.315 e. The standard InChI is InChI=1S/C13H18N4O2S/c1-2-8-17(11-5-7-15-10-11)20(18,19)13-4-3-6-16-12(13)9-14/h3-4,6,11,15H,2,5,7-8,10H2,1H3. The van der Waals surface area contributed by atoms with Crippen molar-refractivity contribution in [2.45, 2.75) is 30.7 Å². The van der Waals surface area contributed by atoms with Crippen molar-refractivity contribution in [3.63, 3.8) is 0 Å². The highest BCUT2D eigenvalue weighted by atomic mass is 32.2. The monoisotopic (exact) mass is 294 g/mol. The van der Waals surface area contributed by atoms with Crippen molar-refractivity contribution in [2.24, 2.45) is 0 Å². The zero-order chi connectivity index (χ0) is 14.6. The first-order valence-electron chi connectivity index (χ1n) is 6.69. The van der Waals surface area contributed by atoms with E-state index < -0.39 is 10.0 Å². The van der Waals surface area contributed by atoms with Gasteiger partial charge in [-0.15, -0.1) is 0 Å². The molecule has 2 heterocycles. The molecule has 1 fully saturated rings. The minimum atomic E-state index is -3.68. The Bertz CT molecular complexity index is 603. The van der Waals surface area contributed by atoms with Crippen molar-refractivity contribution in [2.75, 3.05) is 19.6 Å². The van der Waals surface area contributed by atoms with Crippen LogP contribution in [0.4, 0.5) is 0 Å². The van der Waals surface area contributed by atoms with Gasteiger partial charge in [-0.3, -0.25) is 0 Å². The van der Waals surface area contributed by atoms with Gasteiger partial charge in [0.1, 0.15) is 11.0 Å². The molecule has 1 aromatic rings. The van der Waals surface area contributed by atoms with Crippen LogP contribution in [0.5, 0.6) is 0 Å². The van der Waals surface area contributed by atoms with Gasteiger partial charge in [-0.2, -0.15) is 9.57 Å². The first kappa shape index (κ1) is 14.9. The van der Waals surface area contributed by atoms with Crippen molar-refractivity contribution >= 4 is 10.0 Å². The molecule has 0 amide bonds. The summed E-state index contributed by atoms with van der Waals surface area (Å²) in [5.41, 5.74) is -0.0421. The highest BCUT2D eigenvalue weighted by Crippen LogP contribution is 2.23. The summed E-state index contributed by atoms with van der Waals surface area (Å²) in [4.78, 5) is 3.85. The fraction of sp³-hybridized carbons (Fsp3) is 0.538. The van der Waals surface area contributed by atoms with Crippen molar-refractivity contribution in [3.05, 3.63) is 24.0 Å². The van der Waals surface area contributed by atoms with Gasteiger partial charge < -0.3 is 5.32 Å². The number of nitriles is 1. The summed E-state index contributed by atoms with van der Waals surface area (Å²) in [5.74, 6) is 0. The van der Waals surface area contributed by atoms with Gasteiger partial charge in [-0.1, -0.05) is 6.92 Å². The molecule has 1 saturated heterocycles. The van der Waals surface area contributed by atoms with Crippen molar-refractivity contribution in [3.8, 4) is 6.07 Å². The lowest BCUT2D eigenvalue weighted by atomic mass is 10.2. The summed E-state index contributed by atoms with van der Waals surface area (Å²) in [6.07, 6.45) is 2.96. The summed E-state index contributed by atoms with van der Waals surface area (Å²) in [7, 11) is -3.68. The molecular weight excluding hydrogens is 276 g/mol. The summed E-state index contributed by atoms with van der Waals surface area (Å²) >= 11 is 0. The molecule has 1 atom stereocenters. The first-order valence-corrected chi connectivity index (χ1v) is 8.13. The van der Waals surface area contributed by atoms with E-state index in [0.29, 0.717) is 13.1 Å². The van der Waals surface area contributed by atoms with E-state index in [0.717, 1.165) is 19.4 Å². The Morgan fingerprint density at radius 2 is 2.40 bits per heavy atom. The molecule has 1 aliphatic heterocycles. The maximum atomic E-state index is 12.8. The van der Waals surface area contributed by atoms with Crippen LogP contribution in [-0.2, 0) is 10.0 Å². The molecule has 0 bridgehead atoms. The van der Waals surface area contributed by atoms with Gasteiger partial charge in [0.15, 0.2) is 5.69 Å². The normalized spacial score (nSPS) is 19.1. The van der Waals surface area contributed by atoms with Crippen molar-refractivity contribution in [1.82, 2.24) is 14.6 Å². The Balaban J connectivity index is 2.42. The van der Waals surface area contributed by atoms with E-state index in [1.54, 1.807) is 6.07 Å². The van der Waals surface area contributed by atoms with Crippen LogP contribution in [0.25, 0.3) is 0 Å². The topological polar surface area (TPSA) is 86.1 Å². The molecule has 0 radical (unpaired) electrons. The van der Waals surface area contributed by atoms with E-state index in [2.05, 4.69) is 10.3 Å².